The first-order chi connectivity index (χ1) is 18.1. The first-order valence-corrected chi connectivity index (χ1v) is 13.3. The molecule has 1 N–H and O–H groups in total. The molecule has 1 amide bonds. The molecule has 1 saturated heterocycles. The number of piperidine rings is 1. The molecule has 0 bridgehead atoms. The van der Waals surface area contributed by atoms with Crippen molar-refractivity contribution in [1.82, 2.24) is 19.6 Å². The Labute approximate surface area is 220 Å². The zero-order valence-electron chi connectivity index (χ0n) is 20.5. The molecule has 1 aromatic heterocycles. The summed E-state index contributed by atoms with van der Waals surface area (Å²) in [6, 6.07) is 24.5. The molecule has 8 heteroatoms. The van der Waals surface area contributed by atoms with E-state index in [2.05, 4.69) is 43.8 Å². The molecule has 4 aromatic rings. The van der Waals surface area contributed by atoms with Gasteiger partial charge in [-0.05, 0) is 53.8 Å². The zero-order chi connectivity index (χ0) is 25.5. The number of hydrogen-bond donors (Lipinski definition) is 1. The Hall–Kier alpha value is -3.62. The van der Waals surface area contributed by atoms with Gasteiger partial charge in [0.25, 0.3) is 5.19 Å². The molecule has 0 aliphatic carbocycles. The Morgan fingerprint density at radius 2 is 1.65 bits per heavy atom. The molecule has 2 heterocycles. The van der Waals surface area contributed by atoms with Crippen LogP contribution in [0.25, 0.3) is 0 Å². The summed E-state index contributed by atoms with van der Waals surface area (Å²) in [6.45, 7) is 2.94. The van der Waals surface area contributed by atoms with Crippen LogP contribution in [0.4, 0.5) is 4.39 Å². The van der Waals surface area contributed by atoms with Gasteiger partial charge >= 0.3 is 0 Å². The predicted octanol–water partition coefficient (Wildman–Crippen LogP) is 5.38. The van der Waals surface area contributed by atoms with E-state index in [0.29, 0.717) is 29.6 Å². The van der Waals surface area contributed by atoms with Gasteiger partial charge in [0.05, 0.1) is 6.42 Å². The van der Waals surface area contributed by atoms with Crippen LogP contribution in [0, 0.1) is 5.82 Å². The molecule has 190 valence electrons. The standard InChI is InChI=1S/C29H29FN4O2S/c30-24-10-6-21(7-11-24)18-27-32-29(37-33-27)36-26-12-8-22(9-13-26)19-28(35)31-25-14-16-34(17-15-25)20-23-4-2-1-3-5-23/h1-13,25H,14-20H2,(H,31,35). The molecule has 0 saturated carbocycles. The fourth-order valence-electron chi connectivity index (χ4n) is 4.45. The number of ether oxygens (including phenoxy) is 1. The largest absolute Gasteiger partial charge is 0.430 e. The number of halogens is 1. The van der Waals surface area contributed by atoms with Crippen molar-refractivity contribution in [1.29, 1.82) is 0 Å². The van der Waals surface area contributed by atoms with Crippen LogP contribution in [-0.2, 0) is 24.2 Å². The van der Waals surface area contributed by atoms with Crippen molar-refractivity contribution in [3.05, 3.63) is 107 Å². The number of nitrogens with zero attached hydrogens (tertiary/aromatic N) is 3. The van der Waals surface area contributed by atoms with E-state index in [1.54, 1.807) is 12.1 Å². The highest BCUT2D eigenvalue weighted by Crippen LogP contribution is 2.24. The first kappa shape index (κ1) is 25.0. The number of hydrogen-bond acceptors (Lipinski definition) is 6. The smallest absolute Gasteiger partial charge is 0.298 e. The molecule has 5 rings (SSSR count). The summed E-state index contributed by atoms with van der Waals surface area (Å²) in [5, 5.41) is 3.64. The first-order valence-electron chi connectivity index (χ1n) is 12.5. The van der Waals surface area contributed by atoms with Crippen molar-refractivity contribution >= 4 is 17.4 Å². The van der Waals surface area contributed by atoms with Crippen LogP contribution in [0.3, 0.4) is 0 Å². The van der Waals surface area contributed by atoms with Crippen LogP contribution >= 0.6 is 11.5 Å². The quantitative estimate of drug-likeness (QED) is 0.323. The monoisotopic (exact) mass is 516 g/mol. The maximum Gasteiger partial charge on any atom is 0.298 e. The predicted molar refractivity (Wildman–Crippen MR) is 142 cm³/mol. The molecule has 1 fully saturated rings. The SMILES string of the molecule is O=C(Cc1ccc(Oc2nc(Cc3ccc(F)cc3)ns2)cc1)NC1CCN(Cc2ccccc2)CC1. The lowest BCUT2D eigenvalue weighted by molar-refractivity contribution is -0.121. The molecule has 0 atom stereocenters. The van der Waals surface area contributed by atoms with Gasteiger partial charge in [-0.1, -0.05) is 54.6 Å². The van der Waals surface area contributed by atoms with Crippen molar-refractivity contribution in [2.75, 3.05) is 13.1 Å². The molecule has 0 unspecified atom stereocenters. The van der Waals surface area contributed by atoms with E-state index in [1.807, 2.05) is 30.3 Å². The average Bonchev–Trinajstić information content (AvgIpc) is 3.35. The Bertz CT molecular complexity index is 1290. The van der Waals surface area contributed by atoms with Crippen LogP contribution in [0.5, 0.6) is 10.9 Å². The number of carbonyl (C=O) groups excluding carboxylic acids is 1. The van der Waals surface area contributed by atoms with Gasteiger partial charge in [0.1, 0.15) is 11.6 Å². The summed E-state index contributed by atoms with van der Waals surface area (Å²) in [5.41, 5.74) is 3.20. The van der Waals surface area contributed by atoms with Crippen molar-refractivity contribution < 1.29 is 13.9 Å². The lowest BCUT2D eigenvalue weighted by Gasteiger charge is -2.32. The van der Waals surface area contributed by atoms with E-state index < -0.39 is 0 Å². The second-order valence-electron chi connectivity index (χ2n) is 9.31. The van der Waals surface area contributed by atoms with Gasteiger partial charge in [-0.3, -0.25) is 9.69 Å². The molecule has 0 radical (unpaired) electrons. The second kappa shape index (κ2) is 12.1. The molecule has 6 nitrogen and oxygen atoms in total. The molecular formula is C29H29FN4O2S. The Morgan fingerprint density at radius 3 is 2.38 bits per heavy atom. The molecule has 37 heavy (non-hydrogen) atoms. The summed E-state index contributed by atoms with van der Waals surface area (Å²) in [4.78, 5) is 19.5. The van der Waals surface area contributed by atoms with Gasteiger partial charge in [0.15, 0.2) is 5.82 Å². The Kier molecular flexibility index (Phi) is 8.18. The minimum Gasteiger partial charge on any atom is -0.430 e. The van der Waals surface area contributed by atoms with Gasteiger partial charge in [0, 0.05) is 43.6 Å². The minimum absolute atomic E-state index is 0.0461. The van der Waals surface area contributed by atoms with Gasteiger partial charge in [0.2, 0.25) is 5.91 Å². The van der Waals surface area contributed by atoms with Crippen LogP contribution in [-0.4, -0.2) is 39.3 Å². The lowest BCUT2D eigenvalue weighted by atomic mass is 10.0. The number of likely N-dealkylation sites (tertiary alicyclic amines) is 1. The van der Waals surface area contributed by atoms with E-state index in [0.717, 1.165) is 43.6 Å². The van der Waals surface area contributed by atoms with Gasteiger partial charge in [-0.15, -0.1) is 0 Å². The number of carbonyl (C=O) groups is 1. The number of nitrogens with one attached hydrogen (secondary N) is 1. The van der Waals surface area contributed by atoms with Gasteiger partial charge in [-0.25, -0.2) is 4.39 Å². The van der Waals surface area contributed by atoms with Crippen molar-refractivity contribution in [3.8, 4) is 10.9 Å². The van der Waals surface area contributed by atoms with Crippen LogP contribution < -0.4 is 10.1 Å². The highest BCUT2D eigenvalue weighted by molar-refractivity contribution is 7.07. The van der Waals surface area contributed by atoms with E-state index in [1.165, 1.54) is 29.2 Å². The molecule has 3 aromatic carbocycles. The molecule has 1 aliphatic rings. The maximum absolute atomic E-state index is 13.1. The Morgan fingerprint density at radius 1 is 0.946 bits per heavy atom. The fourth-order valence-corrected chi connectivity index (χ4v) is 5.02. The highest BCUT2D eigenvalue weighted by atomic mass is 32.1. The third-order valence-corrected chi connectivity index (χ3v) is 7.05. The summed E-state index contributed by atoms with van der Waals surface area (Å²) in [7, 11) is 0. The summed E-state index contributed by atoms with van der Waals surface area (Å²) >= 11 is 1.18. The number of aromatic nitrogens is 2. The summed E-state index contributed by atoms with van der Waals surface area (Å²) in [5.74, 6) is 1.05. The summed E-state index contributed by atoms with van der Waals surface area (Å²) < 4.78 is 23.2. The fraction of sp³-hybridized carbons (Fsp3) is 0.276. The van der Waals surface area contributed by atoms with Gasteiger partial charge in [-0.2, -0.15) is 9.36 Å². The lowest BCUT2D eigenvalue weighted by Crippen LogP contribution is -2.44. The van der Waals surface area contributed by atoms with Crippen molar-refractivity contribution in [2.24, 2.45) is 0 Å². The normalized spacial score (nSPS) is 14.4. The van der Waals surface area contributed by atoms with E-state index in [9.17, 15) is 9.18 Å². The number of rotatable bonds is 9. The number of amides is 1. The van der Waals surface area contributed by atoms with E-state index in [-0.39, 0.29) is 17.8 Å². The van der Waals surface area contributed by atoms with Gasteiger partial charge < -0.3 is 10.1 Å². The van der Waals surface area contributed by atoms with E-state index in [4.69, 9.17) is 4.74 Å². The number of benzene rings is 3. The van der Waals surface area contributed by atoms with Crippen molar-refractivity contribution in [2.45, 2.75) is 38.3 Å². The van der Waals surface area contributed by atoms with Crippen LogP contribution in [0.2, 0.25) is 0 Å². The molecule has 0 spiro atoms. The average molecular weight is 517 g/mol. The summed E-state index contributed by atoms with van der Waals surface area (Å²) in [6.07, 6.45) is 2.79. The third kappa shape index (κ3) is 7.44. The molecule has 1 aliphatic heterocycles. The van der Waals surface area contributed by atoms with Crippen LogP contribution in [0.15, 0.2) is 78.9 Å². The molecular weight excluding hydrogens is 487 g/mol. The Balaban J connectivity index is 1.05. The van der Waals surface area contributed by atoms with E-state index >= 15 is 0 Å². The minimum atomic E-state index is -0.264. The second-order valence-corrected chi connectivity index (χ2v) is 10.0. The maximum atomic E-state index is 13.1. The third-order valence-electron chi connectivity index (χ3n) is 6.42. The highest BCUT2D eigenvalue weighted by Gasteiger charge is 2.20. The topological polar surface area (TPSA) is 67.3 Å². The van der Waals surface area contributed by atoms with Crippen molar-refractivity contribution in [3.63, 3.8) is 0 Å². The zero-order valence-corrected chi connectivity index (χ0v) is 21.3. The van der Waals surface area contributed by atoms with Crippen LogP contribution in [0.1, 0.15) is 35.4 Å².